The molecule has 0 spiro atoms. The number of amides is 1. The van der Waals surface area contributed by atoms with Crippen LogP contribution >= 0.6 is 11.6 Å². The van der Waals surface area contributed by atoms with Crippen molar-refractivity contribution in [3.63, 3.8) is 0 Å². The van der Waals surface area contributed by atoms with Gasteiger partial charge in [-0.1, -0.05) is 17.7 Å². The Bertz CT molecular complexity index is 641. The molecular weight excluding hydrogens is 274 g/mol. The van der Waals surface area contributed by atoms with Crippen LogP contribution in [0, 0.1) is 6.92 Å². The van der Waals surface area contributed by atoms with Gasteiger partial charge in [-0.3, -0.25) is 9.78 Å². The Labute approximate surface area is 123 Å². The molecule has 1 aromatic heterocycles. The van der Waals surface area contributed by atoms with Crippen molar-refractivity contribution < 1.29 is 4.79 Å². The van der Waals surface area contributed by atoms with Gasteiger partial charge in [0.1, 0.15) is 0 Å². The third-order valence-electron chi connectivity index (χ3n) is 2.86. The Hall–Kier alpha value is -2.07. The van der Waals surface area contributed by atoms with E-state index in [4.69, 9.17) is 11.6 Å². The van der Waals surface area contributed by atoms with Gasteiger partial charge in [0.25, 0.3) is 5.91 Å². The Morgan fingerprint density at radius 3 is 2.70 bits per heavy atom. The van der Waals surface area contributed by atoms with Gasteiger partial charge in [0, 0.05) is 37.4 Å². The lowest BCUT2D eigenvalue weighted by Gasteiger charge is -2.14. The number of carbonyl (C=O) groups is 1. The summed E-state index contributed by atoms with van der Waals surface area (Å²) < 4.78 is 0. The highest BCUT2D eigenvalue weighted by molar-refractivity contribution is 6.34. The van der Waals surface area contributed by atoms with Gasteiger partial charge in [0.2, 0.25) is 0 Å². The zero-order chi connectivity index (χ0) is 14.7. The maximum absolute atomic E-state index is 12.2. The summed E-state index contributed by atoms with van der Waals surface area (Å²) in [6.07, 6.45) is 1.49. The molecule has 5 heteroatoms. The van der Waals surface area contributed by atoms with Crippen molar-refractivity contribution in [2.24, 2.45) is 0 Å². The van der Waals surface area contributed by atoms with Crippen LogP contribution in [0.5, 0.6) is 0 Å². The van der Waals surface area contributed by atoms with E-state index in [1.807, 2.05) is 50.2 Å². The fourth-order valence-corrected chi connectivity index (χ4v) is 2.05. The smallest absolute Gasteiger partial charge is 0.258 e. The quantitative estimate of drug-likeness (QED) is 0.942. The number of nitrogens with zero attached hydrogens (tertiary/aromatic N) is 2. The molecule has 1 N–H and O–H groups in total. The number of halogens is 1. The fourth-order valence-electron chi connectivity index (χ4n) is 1.75. The van der Waals surface area contributed by atoms with Crippen LogP contribution in [0.3, 0.4) is 0 Å². The minimum atomic E-state index is -0.265. The maximum atomic E-state index is 12.2. The molecule has 0 radical (unpaired) electrons. The average Bonchev–Trinajstić information content (AvgIpc) is 2.38. The van der Waals surface area contributed by atoms with Crippen LogP contribution < -0.4 is 10.2 Å². The SMILES string of the molecule is Cc1cc(Cl)c(C(=O)Nc2cccc(N(C)C)c2)cn1. The van der Waals surface area contributed by atoms with Crippen molar-refractivity contribution in [3.8, 4) is 0 Å². The summed E-state index contributed by atoms with van der Waals surface area (Å²) in [6, 6.07) is 9.26. The summed E-state index contributed by atoms with van der Waals surface area (Å²) >= 11 is 6.06. The summed E-state index contributed by atoms with van der Waals surface area (Å²) in [4.78, 5) is 18.2. The molecule has 1 amide bonds. The Morgan fingerprint density at radius 2 is 2.05 bits per heavy atom. The van der Waals surface area contributed by atoms with E-state index in [1.165, 1.54) is 6.20 Å². The Balaban J connectivity index is 2.21. The van der Waals surface area contributed by atoms with Crippen LogP contribution in [0.2, 0.25) is 5.02 Å². The number of nitrogens with one attached hydrogen (secondary N) is 1. The summed E-state index contributed by atoms with van der Waals surface area (Å²) in [6.45, 7) is 1.83. The minimum Gasteiger partial charge on any atom is -0.378 e. The highest BCUT2D eigenvalue weighted by atomic mass is 35.5. The number of aryl methyl sites for hydroxylation is 1. The summed E-state index contributed by atoms with van der Waals surface area (Å²) in [5, 5.41) is 3.23. The lowest BCUT2D eigenvalue weighted by atomic mass is 10.2. The molecule has 0 aliphatic heterocycles. The second kappa shape index (κ2) is 5.92. The molecule has 2 rings (SSSR count). The van der Waals surface area contributed by atoms with Gasteiger partial charge in [0.15, 0.2) is 0 Å². The highest BCUT2D eigenvalue weighted by Crippen LogP contribution is 2.20. The van der Waals surface area contributed by atoms with Crippen LogP contribution in [-0.2, 0) is 0 Å². The van der Waals surface area contributed by atoms with E-state index in [0.717, 1.165) is 17.1 Å². The van der Waals surface area contributed by atoms with Crippen LogP contribution in [0.25, 0.3) is 0 Å². The Kier molecular flexibility index (Phi) is 4.25. The van der Waals surface area contributed by atoms with Crippen molar-refractivity contribution >= 4 is 28.9 Å². The monoisotopic (exact) mass is 289 g/mol. The van der Waals surface area contributed by atoms with Crippen LogP contribution in [0.1, 0.15) is 16.1 Å². The number of hydrogen-bond donors (Lipinski definition) is 1. The molecule has 0 unspecified atom stereocenters. The number of hydrogen-bond acceptors (Lipinski definition) is 3. The van der Waals surface area contributed by atoms with Crippen molar-refractivity contribution in [1.82, 2.24) is 4.98 Å². The van der Waals surface area contributed by atoms with Crippen molar-refractivity contribution in [3.05, 3.63) is 52.8 Å². The predicted octanol–water partition coefficient (Wildman–Crippen LogP) is 3.36. The second-order valence-electron chi connectivity index (χ2n) is 4.70. The summed E-state index contributed by atoms with van der Waals surface area (Å²) in [5.41, 5.74) is 2.88. The molecular formula is C15H16ClN3O. The first kappa shape index (κ1) is 14.3. The molecule has 0 aliphatic rings. The van der Waals surface area contributed by atoms with Gasteiger partial charge in [-0.15, -0.1) is 0 Å². The number of pyridine rings is 1. The molecule has 0 aliphatic carbocycles. The number of anilines is 2. The van der Waals surface area contributed by atoms with Crippen molar-refractivity contribution in [2.45, 2.75) is 6.92 Å². The van der Waals surface area contributed by atoms with Crippen molar-refractivity contribution in [1.29, 1.82) is 0 Å². The predicted molar refractivity (Wildman–Crippen MR) is 82.7 cm³/mol. The van der Waals surface area contributed by atoms with E-state index < -0.39 is 0 Å². The average molecular weight is 290 g/mol. The standard InChI is InChI=1S/C15H16ClN3O/c1-10-7-14(16)13(9-17-10)15(20)18-11-5-4-6-12(8-11)19(2)3/h4-9H,1-3H3,(H,18,20). The second-order valence-corrected chi connectivity index (χ2v) is 5.11. The molecule has 104 valence electrons. The molecule has 0 fully saturated rings. The molecule has 0 saturated heterocycles. The zero-order valence-electron chi connectivity index (χ0n) is 11.6. The zero-order valence-corrected chi connectivity index (χ0v) is 12.4. The van der Waals surface area contributed by atoms with Gasteiger partial charge in [-0.25, -0.2) is 0 Å². The van der Waals surface area contributed by atoms with E-state index in [1.54, 1.807) is 6.07 Å². The molecule has 20 heavy (non-hydrogen) atoms. The normalized spacial score (nSPS) is 10.2. The molecule has 0 atom stereocenters. The molecule has 2 aromatic rings. The highest BCUT2D eigenvalue weighted by Gasteiger charge is 2.11. The first-order chi connectivity index (χ1) is 9.47. The topological polar surface area (TPSA) is 45.2 Å². The third-order valence-corrected chi connectivity index (χ3v) is 3.17. The van der Waals surface area contributed by atoms with Crippen LogP contribution in [0.15, 0.2) is 36.5 Å². The van der Waals surface area contributed by atoms with Gasteiger partial charge in [-0.05, 0) is 31.2 Å². The van der Waals surface area contributed by atoms with Crippen LogP contribution in [-0.4, -0.2) is 25.0 Å². The molecule has 4 nitrogen and oxygen atoms in total. The van der Waals surface area contributed by atoms with Gasteiger partial charge in [-0.2, -0.15) is 0 Å². The first-order valence-electron chi connectivity index (χ1n) is 6.18. The lowest BCUT2D eigenvalue weighted by molar-refractivity contribution is 0.102. The molecule has 0 bridgehead atoms. The molecule has 0 saturated carbocycles. The first-order valence-corrected chi connectivity index (χ1v) is 6.56. The van der Waals surface area contributed by atoms with Gasteiger partial charge >= 0.3 is 0 Å². The maximum Gasteiger partial charge on any atom is 0.258 e. The van der Waals surface area contributed by atoms with E-state index in [-0.39, 0.29) is 5.91 Å². The van der Waals surface area contributed by atoms with E-state index in [9.17, 15) is 4.79 Å². The minimum absolute atomic E-state index is 0.265. The van der Waals surface area contributed by atoms with Gasteiger partial charge in [0.05, 0.1) is 10.6 Å². The number of rotatable bonds is 3. The Morgan fingerprint density at radius 1 is 1.30 bits per heavy atom. The fraction of sp³-hybridized carbons (Fsp3) is 0.200. The summed E-state index contributed by atoms with van der Waals surface area (Å²) in [7, 11) is 3.89. The van der Waals surface area contributed by atoms with E-state index in [2.05, 4.69) is 10.3 Å². The number of carbonyl (C=O) groups excluding carboxylic acids is 1. The number of aromatic nitrogens is 1. The van der Waals surface area contributed by atoms with Gasteiger partial charge < -0.3 is 10.2 Å². The van der Waals surface area contributed by atoms with E-state index >= 15 is 0 Å². The largest absolute Gasteiger partial charge is 0.378 e. The molecule has 1 heterocycles. The number of benzene rings is 1. The molecule has 1 aromatic carbocycles. The van der Waals surface area contributed by atoms with E-state index in [0.29, 0.717) is 10.6 Å². The van der Waals surface area contributed by atoms with Crippen LogP contribution in [0.4, 0.5) is 11.4 Å². The third kappa shape index (κ3) is 3.27. The lowest BCUT2D eigenvalue weighted by Crippen LogP contribution is -2.14. The van der Waals surface area contributed by atoms with Crippen molar-refractivity contribution in [2.75, 3.05) is 24.3 Å². The summed E-state index contributed by atoms with van der Waals surface area (Å²) in [5.74, 6) is -0.265.